The number of hydrogen-bond acceptors (Lipinski definition) is 5. The number of para-hydroxylation sites is 1. The highest BCUT2D eigenvalue weighted by atomic mass is 32.2. The molecular formula is C28H32N2O5S. The third-order valence-corrected chi connectivity index (χ3v) is 7.84. The zero-order valence-corrected chi connectivity index (χ0v) is 21.4. The van der Waals surface area contributed by atoms with E-state index in [9.17, 15) is 13.2 Å². The zero-order chi connectivity index (χ0) is 25.6. The highest BCUT2D eigenvalue weighted by Crippen LogP contribution is 2.34. The number of hydrogen-bond donors (Lipinski definition) is 1. The van der Waals surface area contributed by atoms with Gasteiger partial charge in [0, 0.05) is 25.2 Å². The Bertz CT molecular complexity index is 1240. The Morgan fingerprint density at radius 3 is 2.08 bits per heavy atom. The second kappa shape index (κ2) is 11.1. The van der Waals surface area contributed by atoms with Gasteiger partial charge >= 0.3 is 0 Å². The van der Waals surface area contributed by atoms with Crippen LogP contribution in [0.5, 0.6) is 11.5 Å². The van der Waals surface area contributed by atoms with E-state index >= 15 is 0 Å². The van der Waals surface area contributed by atoms with E-state index in [1.54, 1.807) is 31.2 Å². The van der Waals surface area contributed by atoms with Gasteiger partial charge in [-0.2, -0.15) is 0 Å². The summed E-state index contributed by atoms with van der Waals surface area (Å²) in [5, 5.41) is 3.03. The fraction of sp³-hybridized carbons (Fsp3) is 0.321. The minimum absolute atomic E-state index is 0.249. The first-order chi connectivity index (χ1) is 17.3. The van der Waals surface area contributed by atoms with Crippen LogP contribution in [0.3, 0.4) is 0 Å². The third kappa shape index (κ3) is 6.06. The molecule has 4 rings (SSSR count). The van der Waals surface area contributed by atoms with Crippen molar-refractivity contribution in [2.24, 2.45) is 0 Å². The molecule has 36 heavy (non-hydrogen) atoms. The van der Waals surface area contributed by atoms with E-state index in [1.165, 1.54) is 0 Å². The van der Waals surface area contributed by atoms with Crippen molar-refractivity contribution in [1.82, 2.24) is 5.32 Å². The molecule has 0 aliphatic carbocycles. The van der Waals surface area contributed by atoms with Crippen LogP contribution in [0.2, 0.25) is 0 Å². The van der Waals surface area contributed by atoms with Crippen molar-refractivity contribution in [3.8, 4) is 11.5 Å². The smallest absolute Gasteiger partial charge is 0.243 e. The second-order valence-electron chi connectivity index (χ2n) is 9.12. The van der Waals surface area contributed by atoms with Crippen LogP contribution < -0.4 is 14.4 Å². The lowest BCUT2D eigenvalue weighted by molar-refractivity contribution is -0.122. The molecule has 1 atom stereocenters. The maximum Gasteiger partial charge on any atom is 0.243 e. The number of carbonyl (C=O) groups excluding carboxylic acids is 1. The van der Waals surface area contributed by atoms with Crippen LogP contribution in [-0.4, -0.2) is 46.4 Å². The first-order valence-electron chi connectivity index (χ1n) is 12.0. The maximum atomic E-state index is 13.3. The van der Waals surface area contributed by atoms with Crippen LogP contribution in [0.15, 0.2) is 84.9 Å². The Hall–Kier alpha value is -3.36. The minimum Gasteiger partial charge on any atom is -0.457 e. The number of nitrogens with one attached hydrogen (secondary N) is 1. The minimum atomic E-state index is -3.73. The van der Waals surface area contributed by atoms with Gasteiger partial charge in [-0.15, -0.1) is 0 Å². The fourth-order valence-corrected chi connectivity index (χ4v) is 5.79. The van der Waals surface area contributed by atoms with Crippen molar-refractivity contribution in [3.05, 3.63) is 90.5 Å². The summed E-state index contributed by atoms with van der Waals surface area (Å²) in [4.78, 5) is 13.3. The molecule has 7 nitrogen and oxygen atoms in total. The Labute approximate surface area is 213 Å². The van der Waals surface area contributed by atoms with Crippen LogP contribution >= 0.6 is 0 Å². The van der Waals surface area contributed by atoms with Gasteiger partial charge in [0.25, 0.3) is 0 Å². The average Bonchev–Trinajstić information content (AvgIpc) is 2.89. The molecule has 0 bridgehead atoms. The van der Waals surface area contributed by atoms with Crippen molar-refractivity contribution >= 4 is 21.6 Å². The summed E-state index contributed by atoms with van der Waals surface area (Å²) >= 11 is 0. The zero-order valence-electron chi connectivity index (χ0n) is 20.6. The predicted molar refractivity (Wildman–Crippen MR) is 141 cm³/mol. The molecule has 0 saturated carbocycles. The molecule has 1 N–H and O–H groups in total. The van der Waals surface area contributed by atoms with Crippen LogP contribution in [0.25, 0.3) is 0 Å². The standard InChI is InChI=1S/C28H32N2O5S/c1-22(27(31)29-21-28(17-19-34-20-18-28)23-9-5-3-6-10-23)30(36(2,32)33)24-13-15-26(16-14-24)35-25-11-7-4-8-12-25/h3-16,22H,17-21H2,1-2H3,(H,29,31)/t22-/m1/s1. The van der Waals surface area contributed by atoms with E-state index in [1.807, 2.05) is 48.5 Å². The fourth-order valence-electron chi connectivity index (χ4n) is 4.62. The van der Waals surface area contributed by atoms with Crippen LogP contribution in [0, 0.1) is 0 Å². The second-order valence-corrected chi connectivity index (χ2v) is 11.0. The molecule has 8 heteroatoms. The van der Waals surface area contributed by atoms with Gasteiger partial charge in [-0.1, -0.05) is 48.5 Å². The largest absolute Gasteiger partial charge is 0.457 e. The van der Waals surface area contributed by atoms with E-state index < -0.39 is 16.1 Å². The summed E-state index contributed by atoms with van der Waals surface area (Å²) in [6, 6.07) is 25.2. The first-order valence-corrected chi connectivity index (χ1v) is 13.9. The monoisotopic (exact) mass is 508 g/mol. The van der Waals surface area contributed by atoms with Crippen molar-refractivity contribution in [2.45, 2.75) is 31.2 Å². The summed E-state index contributed by atoms with van der Waals surface area (Å²) in [6.07, 6.45) is 2.67. The topological polar surface area (TPSA) is 84.9 Å². The van der Waals surface area contributed by atoms with Crippen molar-refractivity contribution in [1.29, 1.82) is 0 Å². The van der Waals surface area contributed by atoms with Gasteiger partial charge in [0.05, 0.1) is 11.9 Å². The molecule has 0 radical (unpaired) electrons. The predicted octanol–water partition coefficient (Wildman–Crippen LogP) is 4.50. The van der Waals surface area contributed by atoms with Gasteiger partial charge < -0.3 is 14.8 Å². The molecule has 0 spiro atoms. The molecule has 1 saturated heterocycles. The molecule has 3 aromatic carbocycles. The summed E-state index contributed by atoms with van der Waals surface area (Å²) < 4.78 is 38.0. The molecule has 1 aliphatic rings. The Balaban J connectivity index is 1.49. The summed E-state index contributed by atoms with van der Waals surface area (Å²) in [6.45, 7) is 3.25. The Kier molecular flexibility index (Phi) is 7.96. The van der Waals surface area contributed by atoms with E-state index in [0.29, 0.717) is 36.9 Å². The van der Waals surface area contributed by atoms with E-state index in [2.05, 4.69) is 17.4 Å². The maximum absolute atomic E-state index is 13.3. The molecule has 0 unspecified atom stereocenters. The van der Waals surface area contributed by atoms with Gasteiger partial charge in [-0.05, 0) is 61.7 Å². The van der Waals surface area contributed by atoms with Crippen LogP contribution in [0.1, 0.15) is 25.3 Å². The summed E-state index contributed by atoms with van der Waals surface area (Å²) in [7, 11) is -3.73. The molecule has 1 heterocycles. The number of nitrogens with zero attached hydrogens (tertiary/aromatic N) is 1. The van der Waals surface area contributed by atoms with Gasteiger partial charge in [-0.3, -0.25) is 9.10 Å². The van der Waals surface area contributed by atoms with E-state index in [4.69, 9.17) is 9.47 Å². The number of anilines is 1. The van der Waals surface area contributed by atoms with Gasteiger partial charge in [-0.25, -0.2) is 8.42 Å². The average molecular weight is 509 g/mol. The number of ether oxygens (including phenoxy) is 2. The highest BCUT2D eigenvalue weighted by Gasteiger charge is 2.36. The third-order valence-electron chi connectivity index (χ3n) is 6.60. The number of rotatable bonds is 9. The lowest BCUT2D eigenvalue weighted by Gasteiger charge is -2.38. The van der Waals surface area contributed by atoms with Crippen molar-refractivity contribution in [3.63, 3.8) is 0 Å². The van der Waals surface area contributed by atoms with Gasteiger partial charge in [0.2, 0.25) is 15.9 Å². The number of sulfonamides is 1. The van der Waals surface area contributed by atoms with E-state index in [-0.39, 0.29) is 11.3 Å². The molecular weight excluding hydrogens is 476 g/mol. The lowest BCUT2D eigenvalue weighted by Crippen LogP contribution is -2.51. The van der Waals surface area contributed by atoms with E-state index in [0.717, 1.165) is 29.0 Å². The molecule has 3 aromatic rings. The number of carbonyl (C=O) groups is 1. The van der Waals surface area contributed by atoms with Crippen molar-refractivity contribution in [2.75, 3.05) is 30.3 Å². The van der Waals surface area contributed by atoms with Crippen LogP contribution in [-0.2, 0) is 25.0 Å². The normalized spacial score (nSPS) is 16.1. The molecule has 1 fully saturated rings. The molecule has 190 valence electrons. The van der Waals surface area contributed by atoms with Gasteiger partial charge in [0.1, 0.15) is 17.5 Å². The van der Waals surface area contributed by atoms with Crippen LogP contribution in [0.4, 0.5) is 5.69 Å². The first kappa shape index (κ1) is 25.7. The van der Waals surface area contributed by atoms with Gasteiger partial charge in [0.15, 0.2) is 0 Å². The Morgan fingerprint density at radius 1 is 0.944 bits per heavy atom. The quantitative estimate of drug-likeness (QED) is 0.460. The summed E-state index contributed by atoms with van der Waals surface area (Å²) in [5.41, 5.74) is 1.29. The molecule has 1 amide bonds. The lowest BCUT2D eigenvalue weighted by atomic mass is 9.74. The number of amides is 1. The highest BCUT2D eigenvalue weighted by molar-refractivity contribution is 7.92. The molecule has 1 aliphatic heterocycles. The summed E-state index contributed by atoms with van der Waals surface area (Å²) in [5.74, 6) is 0.894. The number of benzene rings is 3. The molecule has 0 aromatic heterocycles. The SMILES string of the molecule is C[C@H](C(=O)NCC1(c2ccccc2)CCOCC1)N(c1ccc(Oc2ccccc2)cc1)S(C)(=O)=O. The Morgan fingerprint density at radius 2 is 1.50 bits per heavy atom. The van der Waals surface area contributed by atoms with Crippen molar-refractivity contribution < 1.29 is 22.7 Å².